The minimum Gasteiger partial charge on any atom is -0.326 e. The first kappa shape index (κ1) is 13.6. The second-order valence-electron chi connectivity index (χ2n) is 5.85. The second kappa shape index (κ2) is 5.85. The van der Waals surface area contributed by atoms with Crippen molar-refractivity contribution in [2.24, 2.45) is 5.73 Å². The van der Waals surface area contributed by atoms with Crippen LogP contribution in [0.4, 0.5) is 0 Å². The normalized spacial score (nSPS) is 20.9. The summed E-state index contributed by atoms with van der Waals surface area (Å²) in [6.45, 7) is 0. The fraction of sp³-hybridized carbons (Fsp3) is 0.625. The van der Waals surface area contributed by atoms with Gasteiger partial charge in [0.2, 0.25) is 0 Å². The first-order chi connectivity index (χ1) is 8.65. The highest BCUT2D eigenvalue weighted by Gasteiger charge is 2.39. The predicted molar refractivity (Wildman–Crippen MR) is 77.6 cm³/mol. The Kier molecular flexibility index (Phi) is 4.41. The van der Waals surface area contributed by atoms with Crippen molar-refractivity contribution < 1.29 is 0 Å². The van der Waals surface area contributed by atoms with E-state index in [4.69, 9.17) is 5.73 Å². The maximum Gasteiger partial charge on any atom is 0.0357 e. The zero-order valence-corrected chi connectivity index (χ0v) is 11.7. The summed E-state index contributed by atoms with van der Waals surface area (Å²) in [5.41, 5.74) is 8.14. The molecule has 0 spiro atoms. The molecule has 1 aliphatic rings. The minimum atomic E-state index is 0.202. The molecule has 2 heteroatoms. The molecule has 0 radical (unpaired) electrons. The molecule has 0 amide bonds. The molecule has 1 aliphatic carbocycles. The highest BCUT2D eigenvalue weighted by atomic mass is 15.2. The van der Waals surface area contributed by atoms with Gasteiger partial charge >= 0.3 is 0 Å². The van der Waals surface area contributed by atoms with Gasteiger partial charge in [-0.2, -0.15) is 0 Å². The highest BCUT2D eigenvalue weighted by Crippen LogP contribution is 2.35. The van der Waals surface area contributed by atoms with E-state index in [1.165, 1.54) is 37.7 Å². The lowest BCUT2D eigenvalue weighted by Crippen LogP contribution is -2.59. The van der Waals surface area contributed by atoms with Gasteiger partial charge in [0.1, 0.15) is 0 Å². The number of hydrogen-bond acceptors (Lipinski definition) is 2. The van der Waals surface area contributed by atoms with Crippen LogP contribution >= 0.6 is 0 Å². The van der Waals surface area contributed by atoms with E-state index in [1.807, 2.05) is 0 Å². The topological polar surface area (TPSA) is 29.3 Å². The number of hydrogen-bond donors (Lipinski definition) is 1. The highest BCUT2D eigenvalue weighted by molar-refractivity contribution is 5.17. The summed E-state index contributed by atoms with van der Waals surface area (Å²) in [5.74, 6) is 0. The van der Waals surface area contributed by atoms with E-state index in [2.05, 4.69) is 49.3 Å². The average molecular weight is 246 g/mol. The van der Waals surface area contributed by atoms with Crippen LogP contribution < -0.4 is 5.73 Å². The Morgan fingerprint density at radius 3 is 2.28 bits per heavy atom. The Hall–Kier alpha value is -0.860. The number of nitrogens with zero attached hydrogens (tertiary/aromatic N) is 1. The molecular formula is C16H26N2. The van der Waals surface area contributed by atoms with Gasteiger partial charge in [-0.05, 0) is 38.9 Å². The molecule has 1 aromatic rings. The van der Waals surface area contributed by atoms with Gasteiger partial charge in [-0.15, -0.1) is 0 Å². The van der Waals surface area contributed by atoms with Crippen molar-refractivity contribution in [3.05, 3.63) is 35.9 Å². The Morgan fingerprint density at radius 1 is 1.11 bits per heavy atom. The summed E-state index contributed by atoms with van der Waals surface area (Å²) in [5, 5.41) is 0. The van der Waals surface area contributed by atoms with E-state index in [0.717, 1.165) is 6.42 Å². The van der Waals surface area contributed by atoms with E-state index in [-0.39, 0.29) is 11.6 Å². The second-order valence-corrected chi connectivity index (χ2v) is 5.85. The molecular weight excluding hydrogens is 220 g/mol. The van der Waals surface area contributed by atoms with Crippen molar-refractivity contribution in [1.82, 2.24) is 4.90 Å². The molecule has 18 heavy (non-hydrogen) atoms. The summed E-state index contributed by atoms with van der Waals surface area (Å²) in [7, 11) is 4.38. The Balaban J connectivity index is 2.11. The number of benzene rings is 1. The van der Waals surface area contributed by atoms with Crippen LogP contribution in [0, 0.1) is 0 Å². The molecule has 1 saturated carbocycles. The molecule has 0 aromatic heterocycles. The SMILES string of the molecule is CN(C)C1(C(N)Cc2ccccc2)CCCCC1. The van der Waals surface area contributed by atoms with Gasteiger partial charge in [0.05, 0.1) is 0 Å². The number of rotatable bonds is 4. The number of nitrogens with two attached hydrogens (primary N) is 1. The third kappa shape index (κ3) is 2.76. The molecule has 0 heterocycles. The Morgan fingerprint density at radius 2 is 1.72 bits per heavy atom. The quantitative estimate of drug-likeness (QED) is 0.885. The largest absolute Gasteiger partial charge is 0.326 e. The first-order valence-corrected chi connectivity index (χ1v) is 7.12. The number of likely N-dealkylation sites (N-methyl/N-ethyl adjacent to an activating group) is 1. The van der Waals surface area contributed by atoms with Crippen LogP contribution in [0.3, 0.4) is 0 Å². The maximum atomic E-state index is 6.57. The molecule has 0 aliphatic heterocycles. The molecule has 1 unspecified atom stereocenters. The molecule has 100 valence electrons. The van der Waals surface area contributed by atoms with E-state index in [9.17, 15) is 0 Å². The predicted octanol–water partition coefficient (Wildman–Crippen LogP) is 2.82. The van der Waals surface area contributed by atoms with Gasteiger partial charge < -0.3 is 10.6 Å². The summed E-state index contributed by atoms with van der Waals surface area (Å²) in [4.78, 5) is 2.37. The maximum absolute atomic E-state index is 6.57. The fourth-order valence-electron chi connectivity index (χ4n) is 3.37. The van der Waals surface area contributed by atoms with Crippen molar-refractivity contribution in [1.29, 1.82) is 0 Å². The van der Waals surface area contributed by atoms with E-state index >= 15 is 0 Å². The average Bonchev–Trinajstić information content (AvgIpc) is 2.40. The van der Waals surface area contributed by atoms with Gasteiger partial charge in [-0.25, -0.2) is 0 Å². The van der Waals surface area contributed by atoms with E-state index in [1.54, 1.807) is 0 Å². The zero-order valence-electron chi connectivity index (χ0n) is 11.7. The standard InChI is InChI=1S/C16H26N2/c1-18(2)16(11-7-4-8-12-16)15(17)13-14-9-5-3-6-10-14/h3,5-6,9-10,15H,4,7-8,11-13,17H2,1-2H3. The van der Waals surface area contributed by atoms with Crippen LogP contribution in [0.1, 0.15) is 37.7 Å². The van der Waals surface area contributed by atoms with Crippen LogP contribution in [0.15, 0.2) is 30.3 Å². The fourth-order valence-corrected chi connectivity index (χ4v) is 3.37. The van der Waals surface area contributed by atoms with E-state index < -0.39 is 0 Å². The van der Waals surface area contributed by atoms with Crippen molar-refractivity contribution in [3.8, 4) is 0 Å². The summed E-state index contributed by atoms with van der Waals surface area (Å²) >= 11 is 0. The van der Waals surface area contributed by atoms with Crippen molar-refractivity contribution in [2.75, 3.05) is 14.1 Å². The molecule has 1 aromatic carbocycles. The Bertz CT molecular complexity index is 353. The Labute approximate surface area is 111 Å². The van der Waals surface area contributed by atoms with Gasteiger partial charge in [-0.1, -0.05) is 49.6 Å². The lowest BCUT2D eigenvalue weighted by Gasteiger charge is -2.47. The molecule has 2 rings (SSSR count). The molecule has 1 fully saturated rings. The molecule has 0 bridgehead atoms. The van der Waals surface area contributed by atoms with Crippen LogP contribution in [-0.2, 0) is 6.42 Å². The third-order valence-corrected chi connectivity index (χ3v) is 4.60. The smallest absolute Gasteiger partial charge is 0.0357 e. The van der Waals surface area contributed by atoms with Crippen molar-refractivity contribution in [2.45, 2.75) is 50.1 Å². The third-order valence-electron chi connectivity index (χ3n) is 4.60. The van der Waals surface area contributed by atoms with Gasteiger partial charge in [0.25, 0.3) is 0 Å². The van der Waals surface area contributed by atoms with Crippen LogP contribution in [0.25, 0.3) is 0 Å². The lowest BCUT2D eigenvalue weighted by molar-refractivity contribution is 0.0716. The van der Waals surface area contributed by atoms with Gasteiger partial charge in [0, 0.05) is 11.6 Å². The van der Waals surface area contributed by atoms with Crippen molar-refractivity contribution in [3.63, 3.8) is 0 Å². The van der Waals surface area contributed by atoms with Crippen LogP contribution in [0.5, 0.6) is 0 Å². The van der Waals surface area contributed by atoms with E-state index in [0.29, 0.717) is 0 Å². The molecule has 2 N–H and O–H groups in total. The summed E-state index contributed by atoms with van der Waals surface area (Å²) in [6, 6.07) is 10.9. The minimum absolute atomic E-state index is 0.202. The zero-order chi connectivity index (χ0) is 13.0. The summed E-state index contributed by atoms with van der Waals surface area (Å²) in [6.07, 6.45) is 7.48. The first-order valence-electron chi connectivity index (χ1n) is 7.12. The van der Waals surface area contributed by atoms with Gasteiger partial charge in [0.15, 0.2) is 0 Å². The molecule has 2 nitrogen and oxygen atoms in total. The van der Waals surface area contributed by atoms with Crippen LogP contribution in [-0.4, -0.2) is 30.6 Å². The summed E-state index contributed by atoms with van der Waals surface area (Å²) < 4.78 is 0. The monoisotopic (exact) mass is 246 g/mol. The van der Waals surface area contributed by atoms with Crippen LogP contribution in [0.2, 0.25) is 0 Å². The van der Waals surface area contributed by atoms with Gasteiger partial charge in [-0.3, -0.25) is 0 Å². The van der Waals surface area contributed by atoms with Crippen molar-refractivity contribution >= 4 is 0 Å². The molecule has 0 saturated heterocycles. The molecule has 1 atom stereocenters. The lowest BCUT2D eigenvalue weighted by atomic mass is 9.74.